The van der Waals surface area contributed by atoms with Gasteiger partial charge in [0.05, 0.1) is 6.54 Å². The molecule has 0 spiro atoms. The van der Waals surface area contributed by atoms with Crippen LogP contribution in [-0.2, 0) is 17.9 Å². The number of amides is 1. The van der Waals surface area contributed by atoms with Crippen LogP contribution in [0.5, 0.6) is 0 Å². The monoisotopic (exact) mass is 330 g/mol. The molecule has 0 saturated carbocycles. The van der Waals surface area contributed by atoms with Crippen molar-refractivity contribution in [3.8, 4) is 0 Å². The summed E-state index contributed by atoms with van der Waals surface area (Å²) >= 11 is 1.65. The van der Waals surface area contributed by atoms with Crippen molar-refractivity contribution in [2.75, 3.05) is 13.6 Å². The average molecular weight is 330 g/mol. The highest BCUT2D eigenvalue weighted by molar-refractivity contribution is 7.09. The largest absolute Gasteiger partial charge is 0.351 e. The van der Waals surface area contributed by atoms with E-state index in [1.165, 1.54) is 4.88 Å². The summed E-state index contributed by atoms with van der Waals surface area (Å²) in [4.78, 5) is 15.1. The van der Waals surface area contributed by atoms with E-state index in [0.717, 1.165) is 23.1 Å². The van der Waals surface area contributed by atoms with Gasteiger partial charge in [0.15, 0.2) is 0 Å². The number of nitrogens with one attached hydrogen (secondary N) is 1. The zero-order valence-corrected chi connectivity index (χ0v) is 13.7. The number of thiophene rings is 1. The van der Waals surface area contributed by atoms with Gasteiger partial charge in [0.1, 0.15) is 11.0 Å². The molecule has 2 heterocycles. The molecule has 3 rings (SSSR count). The quantitative estimate of drug-likeness (QED) is 0.720. The third-order valence-electron chi connectivity index (χ3n) is 3.53. The van der Waals surface area contributed by atoms with Crippen molar-refractivity contribution in [3.63, 3.8) is 0 Å². The van der Waals surface area contributed by atoms with Crippen molar-refractivity contribution in [2.45, 2.75) is 19.5 Å². The van der Waals surface area contributed by atoms with Crippen molar-refractivity contribution >= 4 is 28.3 Å². The van der Waals surface area contributed by atoms with E-state index >= 15 is 0 Å². The van der Waals surface area contributed by atoms with Crippen molar-refractivity contribution in [2.24, 2.45) is 0 Å². The van der Waals surface area contributed by atoms with Gasteiger partial charge >= 0.3 is 0 Å². The van der Waals surface area contributed by atoms with E-state index in [0.29, 0.717) is 19.5 Å². The van der Waals surface area contributed by atoms with Crippen LogP contribution in [0.25, 0.3) is 11.0 Å². The lowest BCUT2D eigenvalue weighted by molar-refractivity contribution is -0.121. The minimum absolute atomic E-state index is 0.0707. The van der Waals surface area contributed by atoms with Gasteiger partial charge in [0.2, 0.25) is 5.91 Å². The Labute approximate surface area is 138 Å². The second-order valence-electron chi connectivity index (χ2n) is 5.43. The van der Waals surface area contributed by atoms with Crippen LogP contribution in [0, 0.1) is 0 Å². The van der Waals surface area contributed by atoms with Crippen LogP contribution in [-0.4, -0.2) is 34.7 Å². The first-order valence-electron chi connectivity index (χ1n) is 7.39. The molecule has 1 N–H and O–H groups in total. The third kappa shape index (κ3) is 4.37. The molecule has 0 fully saturated rings. The summed E-state index contributed by atoms with van der Waals surface area (Å²) in [6.07, 6.45) is 0.482. The fourth-order valence-electron chi connectivity index (χ4n) is 2.30. The molecular formula is C16H18N4O2S. The lowest BCUT2D eigenvalue weighted by Gasteiger charge is -2.16. The number of hydrogen-bond donors (Lipinski definition) is 1. The van der Waals surface area contributed by atoms with E-state index in [1.54, 1.807) is 11.3 Å². The summed E-state index contributed by atoms with van der Waals surface area (Å²) < 4.78 is 4.70. The van der Waals surface area contributed by atoms with Gasteiger partial charge in [0, 0.05) is 24.4 Å². The molecule has 7 heteroatoms. The highest BCUT2D eigenvalue weighted by Crippen LogP contribution is 2.13. The SMILES string of the molecule is CN(CCC(=O)NCc1cccs1)Cc1ccc2nonc2c1. The minimum atomic E-state index is 0.0707. The second kappa shape index (κ2) is 7.34. The van der Waals surface area contributed by atoms with Crippen molar-refractivity contribution < 1.29 is 9.42 Å². The van der Waals surface area contributed by atoms with Crippen molar-refractivity contribution in [3.05, 3.63) is 46.2 Å². The summed E-state index contributed by atoms with van der Waals surface area (Å²) in [5, 5.41) is 12.6. The number of benzene rings is 1. The number of aromatic nitrogens is 2. The summed E-state index contributed by atoms with van der Waals surface area (Å²) in [5.41, 5.74) is 2.63. The Kier molecular flexibility index (Phi) is 4.99. The van der Waals surface area contributed by atoms with Crippen LogP contribution in [0.1, 0.15) is 16.9 Å². The van der Waals surface area contributed by atoms with E-state index < -0.39 is 0 Å². The highest BCUT2D eigenvalue weighted by atomic mass is 32.1. The first-order valence-corrected chi connectivity index (χ1v) is 8.27. The van der Waals surface area contributed by atoms with Crippen LogP contribution in [0.3, 0.4) is 0 Å². The molecule has 0 radical (unpaired) electrons. The van der Waals surface area contributed by atoms with Crippen molar-refractivity contribution in [1.29, 1.82) is 0 Å². The van der Waals surface area contributed by atoms with Crippen LogP contribution >= 0.6 is 11.3 Å². The highest BCUT2D eigenvalue weighted by Gasteiger charge is 2.07. The Morgan fingerprint density at radius 2 is 2.17 bits per heavy atom. The normalized spacial score (nSPS) is 11.2. The maximum absolute atomic E-state index is 11.9. The average Bonchev–Trinajstić information content (AvgIpc) is 3.21. The van der Waals surface area contributed by atoms with E-state index in [-0.39, 0.29) is 5.91 Å². The predicted octanol–water partition coefficient (Wildman–Crippen LogP) is 2.42. The zero-order chi connectivity index (χ0) is 16.1. The van der Waals surface area contributed by atoms with Crippen LogP contribution in [0.4, 0.5) is 0 Å². The molecular weight excluding hydrogens is 312 g/mol. The lowest BCUT2D eigenvalue weighted by Crippen LogP contribution is -2.28. The Bertz CT molecular complexity index is 769. The van der Waals surface area contributed by atoms with Crippen LogP contribution in [0.2, 0.25) is 0 Å². The van der Waals surface area contributed by atoms with Gasteiger partial charge in [-0.15, -0.1) is 11.3 Å². The summed E-state index contributed by atoms with van der Waals surface area (Å²) in [6, 6.07) is 9.86. The number of carbonyl (C=O) groups excluding carboxylic acids is 1. The lowest BCUT2D eigenvalue weighted by atomic mass is 10.2. The number of nitrogens with zero attached hydrogens (tertiary/aromatic N) is 3. The predicted molar refractivity (Wildman–Crippen MR) is 88.9 cm³/mol. The van der Waals surface area contributed by atoms with E-state index in [2.05, 4.69) is 20.5 Å². The fraction of sp³-hybridized carbons (Fsp3) is 0.312. The van der Waals surface area contributed by atoms with Gasteiger partial charge < -0.3 is 10.2 Å². The van der Waals surface area contributed by atoms with Crippen molar-refractivity contribution in [1.82, 2.24) is 20.5 Å². The van der Waals surface area contributed by atoms with Crippen LogP contribution < -0.4 is 5.32 Å². The molecule has 2 aromatic heterocycles. The molecule has 0 unspecified atom stereocenters. The molecule has 0 aliphatic heterocycles. The van der Waals surface area contributed by atoms with Gasteiger partial charge in [-0.2, -0.15) is 0 Å². The number of hydrogen-bond acceptors (Lipinski definition) is 6. The number of fused-ring (bicyclic) bond motifs is 1. The van der Waals surface area contributed by atoms with E-state index in [4.69, 9.17) is 4.63 Å². The van der Waals surface area contributed by atoms with E-state index in [1.807, 2.05) is 42.8 Å². The summed E-state index contributed by atoms with van der Waals surface area (Å²) in [5.74, 6) is 0.0707. The third-order valence-corrected chi connectivity index (χ3v) is 4.41. The topological polar surface area (TPSA) is 71.3 Å². The first kappa shape index (κ1) is 15.6. The first-order chi connectivity index (χ1) is 11.2. The molecule has 0 bridgehead atoms. The summed E-state index contributed by atoms with van der Waals surface area (Å²) in [7, 11) is 2.00. The Hall–Kier alpha value is -2.25. The van der Waals surface area contributed by atoms with Gasteiger partial charge in [-0.05, 0) is 46.5 Å². The fourth-order valence-corrected chi connectivity index (χ4v) is 2.94. The van der Waals surface area contributed by atoms with Gasteiger partial charge in [-0.1, -0.05) is 12.1 Å². The second-order valence-corrected chi connectivity index (χ2v) is 6.46. The Morgan fingerprint density at radius 1 is 1.30 bits per heavy atom. The summed E-state index contributed by atoms with van der Waals surface area (Å²) in [6.45, 7) is 2.06. The van der Waals surface area contributed by atoms with E-state index in [9.17, 15) is 4.79 Å². The molecule has 1 amide bonds. The molecule has 6 nitrogen and oxygen atoms in total. The van der Waals surface area contributed by atoms with Gasteiger partial charge in [-0.3, -0.25) is 4.79 Å². The smallest absolute Gasteiger partial charge is 0.221 e. The molecule has 23 heavy (non-hydrogen) atoms. The molecule has 0 aliphatic rings. The standard InChI is InChI=1S/C16H18N4O2S/c1-20(7-6-16(21)17-10-13-3-2-8-23-13)11-12-4-5-14-15(9-12)19-22-18-14/h2-5,8-9H,6-7,10-11H2,1H3,(H,17,21). The molecule has 3 aromatic rings. The Balaban J connectivity index is 1.43. The zero-order valence-electron chi connectivity index (χ0n) is 12.9. The molecule has 0 saturated heterocycles. The maximum Gasteiger partial charge on any atom is 0.221 e. The molecule has 120 valence electrons. The molecule has 1 aromatic carbocycles. The van der Waals surface area contributed by atoms with Gasteiger partial charge in [0.25, 0.3) is 0 Å². The number of carbonyl (C=O) groups is 1. The van der Waals surface area contributed by atoms with Gasteiger partial charge in [-0.25, -0.2) is 4.63 Å². The minimum Gasteiger partial charge on any atom is -0.351 e. The molecule has 0 atom stereocenters. The number of rotatable bonds is 7. The maximum atomic E-state index is 11.9. The Morgan fingerprint density at radius 3 is 3.00 bits per heavy atom. The molecule has 0 aliphatic carbocycles. The van der Waals surface area contributed by atoms with Crippen LogP contribution in [0.15, 0.2) is 40.3 Å².